The quantitative estimate of drug-likeness (QED) is 0.834. The Balaban J connectivity index is 2.16. The van der Waals surface area contributed by atoms with E-state index >= 15 is 0 Å². The molecule has 2 aromatic rings. The number of hydrogen-bond donors (Lipinski definition) is 2. The fourth-order valence-electron chi connectivity index (χ4n) is 2.36. The first-order chi connectivity index (χ1) is 9.08. The molecule has 0 spiro atoms. The predicted molar refractivity (Wildman–Crippen MR) is 72.2 cm³/mol. The molecule has 1 aliphatic heterocycles. The molecule has 2 aromatic heterocycles. The van der Waals surface area contributed by atoms with Crippen LogP contribution in [0.5, 0.6) is 0 Å². The maximum Gasteiger partial charge on any atom is 0.235 e. The SMILES string of the molecule is Cc1noc(C)c1C1SCC(=O)Nc2n[nH]c(C)c21. The molecule has 3 rings (SSSR count). The number of H-pyrrole nitrogens is 1. The lowest BCUT2D eigenvalue weighted by Gasteiger charge is -2.14. The summed E-state index contributed by atoms with van der Waals surface area (Å²) in [5, 5.41) is 13.9. The van der Waals surface area contributed by atoms with Gasteiger partial charge in [-0.25, -0.2) is 0 Å². The number of amides is 1. The first-order valence-corrected chi connectivity index (χ1v) is 7.02. The summed E-state index contributed by atoms with van der Waals surface area (Å²) in [5.41, 5.74) is 3.85. The lowest BCUT2D eigenvalue weighted by molar-refractivity contribution is -0.113. The van der Waals surface area contributed by atoms with E-state index in [1.807, 2.05) is 20.8 Å². The number of anilines is 1. The van der Waals surface area contributed by atoms with Gasteiger partial charge in [0.15, 0.2) is 5.82 Å². The fourth-order valence-corrected chi connectivity index (χ4v) is 3.70. The van der Waals surface area contributed by atoms with Crippen molar-refractivity contribution >= 4 is 23.5 Å². The Hall–Kier alpha value is -1.76. The Morgan fingerprint density at radius 2 is 2.11 bits per heavy atom. The third-order valence-electron chi connectivity index (χ3n) is 3.25. The average molecular weight is 278 g/mol. The summed E-state index contributed by atoms with van der Waals surface area (Å²) in [7, 11) is 0. The van der Waals surface area contributed by atoms with Crippen LogP contribution in [0.3, 0.4) is 0 Å². The van der Waals surface area contributed by atoms with E-state index in [1.165, 1.54) is 0 Å². The Labute approximate surface area is 114 Å². The highest BCUT2D eigenvalue weighted by Gasteiger charge is 2.31. The number of aryl methyl sites for hydroxylation is 3. The summed E-state index contributed by atoms with van der Waals surface area (Å²) >= 11 is 1.57. The number of thioether (sulfide) groups is 1. The van der Waals surface area contributed by atoms with Crippen LogP contribution >= 0.6 is 11.8 Å². The lowest BCUT2D eigenvalue weighted by Crippen LogP contribution is -2.12. The normalized spacial score (nSPS) is 18.9. The minimum Gasteiger partial charge on any atom is -0.361 e. The van der Waals surface area contributed by atoms with Gasteiger partial charge < -0.3 is 9.84 Å². The molecule has 1 aliphatic rings. The molecule has 0 fully saturated rings. The van der Waals surface area contributed by atoms with Crippen molar-refractivity contribution in [2.75, 3.05) is 11.1 Å². The first-order valence-electron chi connectivity index (χ1n) is 5.97. The molecule has 7 heteroatoms. The number of nitrogens with one attached hydrogen (secondary N) is 2. The Morgan fingerprint density at radius 3 is 2.79 bits per heavy atom. The number of carbonyl (C=O) groups excluding carboxylic acids is 1. The topological polar surface area (TPSA) is 83.8 Å². The molecule has 0 bridgehead atoms. The molecule has 19 heavy (non-hydrogen) atoms. The van der Waals surface area contributed by atoms with Crippen molar-refractivity contribution in [3.05, 3.63) is 28.3 Å². The molecule has 0 saturated heterocycles. The minimum absolute atomic E-state index is 0.0129. The summed E-state index contributed by atoms with van der Waals surface area (Å²) in [5.74, 6) is 1.75. The predicted octanol–water partition coefficient (Wildman–Crippen LogP) is 2.10. The van der Waals surface area contributed by atoms with Gasteiger partial charge in [0.1, 0.15) is 5.76 Å². The van der Waals surface area contributed by atoms with Crippen molar-refractivity contribution in [1.82, 2.24) is 15.4 Å². The average Bonchev–Trinajstić information content (AvgIpc) is 2.82. The minimum atomic E-state index is -0.0352. The van der Waals surface area contributed by atoms with Gasteiger partial charge in [0.05, 0.1) is 16.7 Å². The van der Waals surface area contributed by atoms with Crippen LogP contribution in [0.4, 0.5) is 5.82 Å². The molecule has 3 heterocycles. The van der Waals surface area contributed by atoms with Crippen LogP contribution in [0.25, 0.3) is 0 Å². The van der Waals surface area contributed by atoms with Crippen LogP contribution in [0.1, 0.15) is 33.5 Å². The summed E-state index contributed by atoms with van der Waals surface area (Å²) < 4.78 is 5.25. The zero-order valence-corrected chi connectivity index (χ0v) is 11.7. The van der Waals surface area contributed by atoms with Crippen LogP contribution in [0.2, 0.25) is 0 Å². The molecule has 0 saturated carbocycles. The van der Waals surface area contributed by atoms with E-state index in [1.54, 1.807) is 11.8 Å². The van der Waals surface area contributed by atoms with E-state index in [0.717, 1.165) is 28.3 Å². The van der Waals surface area contributed by atoms with Gasteiger partial charge in [0.25, 0.3) is 0 Å². The second kappa shape index (κ2) is 4.41. The molecule has 0 aliphatic carbocycles. The lowest BCUT2D eigenvalue weighted by atomic mass is 10.0. The van der Waals surface area contributed by atoms with E-state index < -0.39 is 0 Å². The van der Waals surface area contributed by atoms with E-state index in [0.29, 0.717) is 11.6 Å². The maximum absolute atomic E-state index is 11.7. The molecule has 100 valence electrons. The third kappa shape index (κ3) is 1.94. The first kappa shape index (κ1) is 12.3. The van der Waals surface area contributed by atoms with Gasteiger partial charge in [-0.2, -0.15) is 5.10 Å². The van der Waals surface area contributed by atoms with Crippen LogP contribution < -0.4 is 5.32 Å². The zero-order chi connectivity index (χ0) is 13.6. The Bertz CT molecular complexity index is 627. The highest BCUT2D eigenvalue weighted by Crippen LogP contribution is 2.44. The van der Waals surface area contributed by atoms with Crippen molar-refractivity contribution in [1.29, 1.82) is 0 Å². The number of carbonyl (C=O) groups is 1. The molecular weight excluding hydrogens is 264 g/mol. The maximum atomic E-state index is 11.7. The van der Waals surface area contributed by atoms with Crippen LogP contribution in [0, 0.1) is 20.8 Å². The summed E-state index contributed by atoms with van der Waals surface area (Å²) in [6, 6.07) is 0. The van der Waals surface area contributed by atoms with Gasteiger partial charge in [0, 0.05) is 16.8 Å². The molecular formula is C12H14N4O2S. The number of hydrogen-bond acceptors (Lipinski definition) is 5. The van der Waals surface area contributed by atoms with Crippen molar-refractivity contribution < 1.29 is 9.32 Å². The monoisotopic (exact) mass is 278 g/mol. The largest absolute Gasteiger partial charge is 0.361 e. The molecule has 1 unspecified atom stereocenters. The van der Waals surface area contributed by atoms with Gasteiger partial charge in [-0.05, 0) is 20.8 Å². The number of nitrogens with zero attached hydrogens (tertiary/aromatic N) is 2. The van der Waals surface area contributed by atoms with Crippen molar-refractivity contribution in [2.24, 2.45) is 0 Å². The standard InChI is InChI=1S/C12H14N4O2S/c1-5-10-11(9-6(2)16-18-7(9)3)19-4-8(17)13-12(10)15-14-5/h11H,4H2,1-3H3,(H2,13,14,15,17). The summed E-state index contributed by atoms with van der Waals surface area (Å²) in [6.07, 6.45) is 0. The number of rotatable bonds is 1. The Kier molecular flexibility index (Phi) is 2.85. The van der Waals surface area contributed by atoms with Crippen molar-refractivity contribution in [3.63, 3.8) is 0 Å². The molecule has 0 radical (unpaired) electrons. The molecule has 6 nitrogen and oxygen atoms in total. The van der Waals surface area contributed by atoms with E-state index in [-0.39, 0.29) is 11.2 Å². The van der Waals surface area contributed by atoms with Crippen molar-refractivity contribution in [3.8, 4) is 0 Å². The van der Waals surface area contributed by atoms with Gasteiger partial charge in [-0.1, -0.05) is 5.16 Å². The van der Waals surface area contributed by atoms with E-state index in [4.69, 9.17) is 4.52 Å². The Morgan fingerprint density at radius 1 is 1.32 bits per heavy atom. The molecule has 2 N–H and O–H groups in total. The molecule has 1 amide bonds. The third-order valence-corrected chi connectivity index (χ3v) is 4.48. The molecule has 0 aromatic carbocycles. The van der Waals surface area contributed by atoms with E-state index in [9.17, 15) is 4.79 Å². The highest BCUT2D eigenvalue weighted by molar-refractivity contribution is 8.00. The number of aromatic amines is 1. The number of fused-ring (bicyclic) bond motifs is 1. The van der Waals surface area contributed by atoms with Gasteiger partial charge in [0.2, 0.25) is 5.91 Å². The van der Waals surface area contributed by atoms with Gasteiger partial charge in [-0.15, -0.1) is 11.8 Å². The summed E-state index contributed by atoms with van der Waals surface area (Å²) in [4.78, 5) is 11.7. The highest BCUT2D eigenvalue weighted by atomic mass is 32.2. The number of aromatic nitrogens is 3. The van der Waals surface area contributed by atoms with Crippen LogP contribution in [-0.4, -0.2) is 27.0 Å². The zero-order valence-electron chi connectivity index (χ0n) is 10.9. The van der Waals surface area contributed by atoms with Crippen LogP contribution in [0.15, 0.2) is 4.52 Å². The van der Waals surface area contributed by atoms with E-state index in [2.05, 4.69) is 20.7 Å². The fraction of sp³-hybridized carbons (Fsp3) is 0.417. The van der Waals surface area contributed by atoms with Crippen LogP contribution in [-0.2, 0) is 4.79 Å². The smallest absolute Gasteiger partial charge is 0.235 e. The van der Waals surface area contributed by atoms with Gasteiger partial charge >= 0.3 is 0 Å². The molecule has 1 atom stereocenters. The van der Waals surface area contributed by atoms with Crippen molar-refractivity contribution in [2.45, 2.75) is 26.0 Å². The second-order valence-corrected chi connectivity index (χ2v) is 5.68. The second-order valence-electron chi connectivity index (χ2n) is 4.59. The summed E-state index contributed by atoms with van der Waals surface area (Å²) in [6.45, 7) is 5.77. The van der Waals surface area contributed by atoms with Gasteiger partial charge in [-0.3, -0.25) is 9.89 Å².